The predicted molar refractivity (Wildman–Crippen MR) is 117 cm³/mol. The first-order valence-corrected chi connectivity index (χ1v) is 10.3. The summed E-state index contributed by atoms with van der Waals surface area (Å²) in [6, 6.07) is 8.11. The first-order valence-electron chi connectivity index (χ1n) is 10.3. The summed E-state index contributed by atoms with van der Waals surface area (Å²) in [7, 11) is 1.54. The van der Waals surface area contributed by atoms with Gasteiger partial charge in [-0.25, -0.2) is 14.2 Å². The lowest BCUT2D eigenvalue weighted by atomic mass is 9.97. The zero-order valence-electron chi connectivity index (χ0n) is 17.6. The Morgan fingerprint density at radius 1 is 1.22 bits per heavy atom. The number of halogens is 1. The molecular weight excluding hydrogens is 413 g/mol. The summed E-state index contributed by atoms with van der Waals surface area (Å²) in [5.74, 6) is 0.0716. The summed E-state index contributed by atoms with van der Waals surface area (Å²) in [5.41, 5.74) is 1.31. The highest BCUT2D eigenvalue weighted by atomic mass is 19.1. The summed E-state index contributed by atoms with van der Waals surface area (Å²) < 4.78 is 17.5. The van der Waals surface area contributed by atoms with Crippen LogP contribution in [0.4, 0.5) is 4.39 Å². The molecule has 1 aliphatic carbocycles. The van der Waals surface area contributed by atoms with E-state index in [1.807, 2.05) is 6.08 Å². The number of fused-ring (bicyclic) bond motifs is 1. The number of aromatic nitrogens is 4. The molecule has 32 heavy (non-hydrogen) atoms. The molecule has 3 aromatic rings. The number of benzene rings is 1. The Balaban J connectivity index is 2.04. The van der Waals surface area contributed by atoms with Gasteiger partial charge in [0.15, 0.2) is 11.2 Å². The second-order valence-electron chi connectivity index (χ2n) is 7.64. The average molecular weight is 435 g/mol. The van der Waals surface area contributed by atoms with Crippen molar-refractivity contribution in [3.8, 4) is 6.07 Å². The van der Waals surface area contributed by atoms with Crippen molar-refractivity contribution in [3.05, 3.63) is 80.0 Å². The lowest BCUT2D eigenvalue weighted by molar-refractivity contribution is 0.277. The van der Waals surface area contributed by atoms with Crippen LogP contribution in [-0.2, 0) is 20.1 Å². The van der Waals surface area contributed by atoms with Crippen LogP contribution < -0.4 is 11.2 Å². The number of aryl methyl sites for hydroxylation is 1. The van der Waals surface area contributed by atoms with E-state index in [0.717, 1.165) is 16.6 Å². The zero-order chi connectivity index (χ0) is 22.8. The molecular formula is C23H22FN5O3. The molecule has 0 spiro atoms. The second kappa shape index (κ2) is 8.77. The highest BCUT2D eigenvalue weighted by Crippen LogP contribution is 2.30. The first-order chi connectivity index (χ1) is 15.5. The third kappa shape index (κ3) is 3.69. The molecule has 0 saturated carbocycles. The van der Waals surface area contributed by atoms with Crippen molar-refractivity contribution >= 4 is 16.7 Å². The molecule has 1 aromatic carbocycles. The SMILES string of the molecule is Cn1c(=O)n(CCCO)c(=O)c2c1nc(C1=C(C#N)C=CCC1)n2Cc1ccc(F)cc1. The number of aliphatic hydroxyl groups is 1. The minimum absolute atomic E-state index is 0.0733. The van der Waals surface area contributed by atoms with Gasteiger partial charge in [0.2, 0.25) is 0 Å². The summed E-state index contributed by atoms with van der Waals surface area (Å²) in [6.07, 6.45) is 5.19. The lowest BCUT2D eigenvalue weighted by Gasteiger charge is -2.15. The Morgan fingerprint density at radius 2 is 1.97 bits per heavy atom. The van der Waals surface area contributed by atoms with Crippen LogP contribution in [0.25, 0.3) is 16.7 Å². The standard InChI is InChI=1S/C23H22FN5O3/c1-27-21-19(22(31)28(23(27)32)11-4-12-30)29(14-15-7-9-17(24)10-8-15)20(26-21)18-6-3-2-5-16(18)13-25/h2,5,7-10,30H,3-4,6,11-12,14H2,1H3. The van der Waals surface area contributed by atoms with Crippen LogP contribution in [0.2, 0.25) is 0 Å². The Kier molecular flexibility index (Phi) is 5.88. The van der Waals surface area contributed by atoms with E-state index in [2.05, 4.69) is 11.1 Å². The maximum absolute atomic E-state index is 13.4. The van der Waals surface area contributed by atoms with Gasteiger partial charge in [-0.3, -0.25) is 13.9 Å². The monoisotopic (exact) mass is 435 g/mol. The van der Waals surface area contributed by atoms with Crippen molar-refractivity contribution in [2.24, 2.45) is 7.05 Å². The highest BCUT2D eigenvalue weighted by molar-refractivity contribution is 5.80. The number of allylic oxidation sites excluding steroid dienone is 4. The number of rotatable bonds is 6. The van der Waals surface area contributed by atoms with E-state index >= 15 is 0 Å². The van der Waals surface area contributed by atoms with Gasteiger partial charge in [-0.1, -0.05) is 18.2 Å². The fraction of sp³-hybridized carbons (Fsp3) is 0.304. The van der Waals surface area contributed by atoms with E-state index in [-0.39, 0.29) is 43.1 Å². The van der Waals surface area contributed by atoms with E-state index in [1.54, 1.807) is 29.8 Å². The molecule has 0 radical (unpaired) electrons. The molecule has 1 aliphatic rings. The summed E-state index contributed by atoms with van der Waals surface area (Å²) in [5, 5.41) is 18.8. The van der Waals surface area contributed by atoms with E-state index < -0.39 is 11.2 Å². The van der Waals surface area contributed by atoms with Gasteiger partial charge in [-0.05, 0) is 43.0 Å². The molecule has 8 nitrogen and oxygen atoms in total. The van der Waals surface area contributed by atoms with Gasteiger partial charge in [-0.15, -0.1) is 0 Å². The van der Waals surface area contributed by atoms with Gasteiger partial charge in [-0.2, -0.15) is 5.26 Å². The Hall–Kier alpha value is -3.77. The van der Waals surface area contributed by atoms with E-state index in [9.17, 15) is 24.3 Å². The van der Waals surface area contributed by atoms with Crippen molar-refractivity contribution in [1.82, 2.24) is 18.7 Å². The highest BCUT2D eigenvalue weighted by Gasteiger charge is 2.24. The van der Waals surface area contributed by atoms with Gasteiger partial charge in [0.05, 0.1) is 11.6 Å². The van der Waals surface area contributed by atoms with Crippen LogP contribution in [-0.4, -0.2) is 30.4 Å². The van der Waals surface area contributed by atoms with Crippen LogP contribution in [0.15, 0.2) is 51.6 Å². The normalized spacial score (nSPS) is 13.7. The molecule has 0 unspecified atom stereocenters. The minimum Gasteiger partial charge on any atom is -0.396 e. The third-order valence-corrected chi connectivity index (χ3v) is 5.59. The number of hydrogen-bond donors (Lipinski definition) is 1. The van der Waals surface area contributed by atoms with Crippen LogP contribution in [0.5, 0.6) is 0 Å². The van der Waals surface area contributed by atoms with Crippen LogP contribution in [0.1, 0.15) is 30.7 Å². The molecule has 1 N–H and O–H groups in total. The smallest absolute Gasteiger partial charge is 0.332 e. The molecule has 9 heteroatoms. The van der Waals surface area contributed by atoms with Crippen molar-refractivity contribution in [3.63, 3.8) is 0 Å². The largest absolute Gasteiger partial charge is 0.396 e. The van der Waals surface area contributed by atoms with Gasteiger partial charge >= 0.3 is 5.69 Å². The first kappa shape index (κ1) is 21.5. The third-order valence-electron chi connectivity index (χ3n) is 5.59. The minimum atomic E-state index is -0.521. The summed E-state index contributed by atoms with van der Waals surface area (Å²) in [6.45, 7) is 0.133. The number of nitriles is 1. The van der Waals surface area contributed by atoms with Crippen molar-refractivity contribution < 1.29 is 9.50 Å². The maximum Gasteiger partial charge on any atom is 0.332 e. The lowest BCUT2D eigenvalue weighted by Crippen LogP contribution is -2.40. The fourth-order valence-electron chi connectivity index (χ4n) is 3.96. The second-order valence-corrected chi connectivity index (χ2v) is 7.64. The van der Waals surface area contributed by atoms with E-state index in [1.165, 1.54) is 16.7 Å². The molecule has 2 aromatic heterocycles. The molecule has 0 saturated heterocycles. The van der Waals surface area contributed by atoms with Gasteiger partial charge in [0, 0.05) is 32.3 Å². The van der Waals surface area contributed by atoms with Gasteiger partial charge in [0.25, 0.3) is 5.56 Å². The quantitative estimate of drug-likeness (QED) is 0.638. The van der Waals surface area contributed by atoms with E-state index in [4.69, 9.17) is 0 Å². The fourth-order valence-corrected chi connectivity index (χ4v) is 3.96. The molecule has 0 amide bonds. The van der Waals surface area contributed by atoms with Gasteiger partial charge in [0.1, 0.15) is 11.6 Å². The zero-order valence-corrected chi connectivity index (χ0v) is 17.6. The average Bonchev–Trinajstić information content (AvgIpc) is 3.18. The number of hydrogen-bond acceptors (Lipinski definition) is 5. The van der Waals surface area contributed by atoms with Crippen molar-refractivity contribution in [2.45, 2.75) is 32.4 Å². The van der Waals surface area contributed by atoms with E-state index in [0.29, 0.717) is 23.4 Å². The topological polar surface area (TPSA) is 106 Å². The Morgan fingerprint density at radius 3 is 2.66 bits per heavy atom. The number of aliphatic hydroxyl groups excluding tert-OH is 1. The predicted octanol–water partition coefficient (Wildman–Crippen LogP) is 2.09. The van der Waals surface area contributed by atoms with Crippen molar-refractivity contribution in [2.75, 3.05) is 6.61 Å². The summed E-state index contributed by atoms with van der Waals surface area (Å²) >= 11 is 0. The molecule has 164 valence electrons. The molecule has 0 bridgehead atoms. The van der Waals surface area contributed by atoms with Crippen LogP contribution in [0, 0.1) is 17.1 Å². The molecule has 0 aliphatic heterocycles. The maximum atomic E-state index is 13.4. The molecule has 4 rings (SSSR count). The number of nitrogens with zero attached hydrogens (tertiary/aromatic N) is 5. The Bertz CT molecular complexity index is 1400. The molecule has 0 fully saturated rings. The van der Waals surface area contributed by atoms with Crippen molar-refractivity contribution in [1.29, 1.82) is 5.26 Å². The molecule has 2 heterocycles. The summed E-state index contributed by atoms with van der Waals surface area (Å²) in [4.78, 5) is 30.8. The number of imidazole rings is 1. The van der Waals surface area contributed by atoms with Gasteiger partial charge < -0.3 is 9.67 Å². The van der Waals surface area contributed by atoms with Crippen LogP contribution >= 0.6 is 0 Å². The van der Waals surface area contributed by atoms with Crippen LogP contribution in [0.3, 0.4) is 0 Å². The Labute approximate surface area is 182 Å². The molecule has 0 atom stereocenters.